The van der Waals surface area contributed by atoms with Crippen LogP contribution in [0.3, 0.4) is 0 Å². The number of carbonyl (C=O) groups is 3. The van der Waals surface area contributed by atoms with Gasteiger partial charge in [-0.05, 0) is 49.9 Å². The second-order valence-corrected chi connectivity index (χ2v) is 7.66. The largest absolute Gasteiger partial charge is 0.361 e. The summed E-state index contributed by atoms with van der Waals surface area (Å²) in [5, 5.41) is 1.03. The minimum absolute atomic E-state index is 0.0359. The van der Waals surface area contributed by atoms with E-state index in [0.717, 1.165) is 23.7 Å². The molecule has 3 fully saturated rings. The number of aromatic amines is 1. The van der Waals surface area contributed by atoms with Crippen LogP contribution in [0.2, 0.25) is 0 Å². The van der Waals surface area contributed by atoms with Gasteiger partial charge in [0.15, 0.2) is 0 Å². The molecule has 0 radical (unpaired) electrons. The van der Waals surface area contributed by atoms with Crippen molar-refractivity contribution >= 4 is 28.6 Å². The molecule has 4 heterocycles. The van der Waals surface area contributed by atoms with Crippen molar-refractivity contribution in [2.75, 3.05) is 0 Å². The summed E-state index contributed by atoms with van der Waals surface area (Å²) >= 11 is 0. The fourth-order valence-electron chi connectivity index (χ4n) is 5.03. The molecule has 5 rings (SSSR count). The van der Waals surface area contributed by atoms with Crippen LogP contribution in [-0.2, 0) is 9.59 Å². The zero-order valence-corrected chi connectivity index (χ0v) is 14.5. The summed E-state index contributed by atoms with van der Waals surface area (Å²) in [6.45, 7) is 0. The average molecular weight is 351 g/mol. The minimum Gasteiger partial charge on any atom is -0.361 e. The molecule has 0 saturated carbocycles. The summed E-state index contributed by atoms with van der Waals surface area (Å²) in [4.78, 5) is 43.9. The zero-order valence-electron chi connectivity index (χ0n) is 14.5. The molecule has 1 aromatic heterocycles. The highest BCUT2D eigenvalue weighted by atomic mass is 16.2. The Balaban J connectivity index is 1.39. The zero-order chi connectivity index (χ0) is 17.8. The van der Waals surface area contributed by atoms with Crippen molar-refractivity contribution in [1.29, 1.82) is 0 Å². The van der Waals surface area contributed by atoms with Crippen molar-refractivity contribution in [3.63, 3.8) is 0 Å². The SMILES string of the molecule is O=C1CCC(=O)N1C1CC2CCC(C1)N2C(=O)c1ccc2[nH]ccc2c1. The van der Waals surface area contributed by atoms with Gasteiger partial charge in [0.2, 0.25) is 11.8 Å². The standard InChI is InChI=1S/C20H21N3O3/c24-18-5-6-19(25)23(18)16-10-14-2-3-15(11-16)22(14)20(26)13-1-4-17-12(9-13)7-8-21-17/h1,4,7-9,14-16,21H,2-3,5-6,10-11H2. The topological polar surface area (TPSA) is 73.5 Å². The number of hydrogen-bond acceptors (Lipinski definition) is 3. The average Bonchev–Trinajstić information content (AvgIpc) is 3.30. The highest BCUT2D eigenvalue weighted by Gasteiger charge is 2.47. The number of nitrogens with one attached hydrogen (secondary N) is 1. The van der Waals surface area contributed by atoms with E-state index in [-0.39, 0.29) is 35.8 Å². The van der Waals surface area contributed by atoms with Gasteiger partial charge in [-0.1, -0.05) is 0 Å². The number of imide groups is 1. The molecule has 2 bridgehead atoms. The number of benzene rings is 1. The second-order valence-electron chi connectivity index (χ2n) is 7.66. The Hall–Kier alpha value is -2.63. The van der Waals surface area contributed by atoms with E-state index in [2.05, 4.69) is 4.98 Å². The van der Waals surface area contributed by atoms with Crippen LogP contribution in [0.25, 0.3) is 10.9 Å². The molecule has 2 unspecified atom stereocenters. The molecule has 0 spiro atoms. The van der Waals surface area contributed by atoms with E-state index in [1.165, 1.54) is 4.90 Å². The number of fused-ring (bicyclic) bond motifs is 3. The van der Waals surface area contributed by atoms with Crippen LogP contribution in [0.15, 0.2) is 30.5 Å². The third-order valence-electron chi connectivity index (χ3n) is 6.20. The third kappa shape index (κ3) is 2.28. The third-order valence-corrected chi connectivity index (χ3v) is 6.20. The first kappa shape index (κ1) is 15.6. The molecule has 3 saturated heterocycles. The number of rotatable bonds is 2. The van der Waals surface area contributed by atoms with Gasteiger partial charge in [-0.25, -0.2) is 0 Å². The Morgan fingerprint density at radius 2 is 1.65 bits per heavy atom. The number of aromatic nitrogens is 1. The molecule has 1 aromatic carbocycles. The Morgan fingerprint density at radius 3 is 2.35 bits per heavy atom. The van der Waals surface area contributed by atoms with Crippen LogP contribution in [0, 0.1) is 0 Å². The first-order valence-corrected chi connectivity index (χ1v) is 9.36. The predicted molar refractivity (Wildman–Crippen MR) is 95.4 cm³/mol. The first-order valence-electron chi connectivity index (χ1n) is 9.36. The van der Waals surface area contributed by atoms with Crippen LogP contribution in [0.4, 0.5) is 0 Å². The van der Waals surface area contributed by atoms with Crippen molar-refractivity contribution in [1.82, 2.24) is 14.8 Å². The summed E-state index contributed by atoms with van der Waals surface area (Å²) in [5.74, 6) is -0.0210. The molecular formula is C20H21N3O3. The van der Waals surface area contributed by atoms with Gasteiger partial charge in [0.1, 0.15) is 0 Å². The number of nitrogens with zero attached hydrogens (tertiary/aromatic N) is 2. The summed E-state index contributed by atoms with van der Waals surface area (Å²) in [7, 11) is 0. The normalized spacial score (nSPS) is 28.4. The van der Waals surface area contributed by atoms with E-state index >= 15 is 0 Å². The summed E-state index contributed by atoms with van der Waals surface area (Å²) in [5.41, 5.74) is 1.73. The molecule has 1 N–H and O–H groups in total. The Bertz CT molecular complexity index is 888. The van der Waals surface area contributed by atoms with Crippen LogP contribution >= 0.6 is 0 Å². The molecule has 3 amide bonds. The van der Waals surface area contributed by atoms with Gasteiger partial charge >= 0.3 is 0 Å². The van der Waals surface area contributed by atoms with E-state index in [9.17, 15) is 14.4 Å². The van der Waals surface area contributed by atoms with Gasteiger partial charge in [-0.2, -0.15) is 0 Å². The molecule has 26 heavy (non-hydrogen) atoms. The van der Waals surface area contributed by atoms with Gasteiger partial charge < -0.3 is 9.88 Å². The number of piperidine rings is 1. The molecule has 0 aliphatic carbocycles. The van der Waals surface area contributed by atoms with Gasteiger partial charge in [0.05, 0.1) is 0 Å². The molecule has 2 atom stereocenters. The van der Waals surface area contributed by atoms with Crippen LogP contribution < -0.4 is 0 Å². The lowest BCUT2D eigenvalue weighted by molar-refractivity contribution is -0.142. The van der Waals surface area contributed by atoms with Crippen molar-refractivity contribution in [3.05, 3.63) is 36.0 Å². The summed E-state index contributed by atoms with van der Waals surface area (Å²) in [6, 6.07) is 7.93. The van der Waals surface area contributed by atoms with Gasteiger partial charge in [-0.15, -0.1) is 0 Å². The Morgan fingerprint density at radius 1 is 0.962 bits per heavy atom. The van der Waals surface area contributed by atoms with Gasteiger partial charge in [0.25, 0.3) is 5.91 Å². The van der Waals surface area contributed by atoms with Crippen molar-refractivity contribution in [3.8, 4) is 0 Å². The lowest BCUT2D eigenvalue weighted by Gasteiger charge is -2.41. The first-order chi connectivity index (χ1) is 12.6. The fourth-order valence-corrected chi connectivity index (χ4v) is 5.03. The molecule has 6 nitrogen and oxygen atoms in total. The molecule has 134 valence electrons. The minimum atomic E-state index is -0.0444. The molecular weight excluding hydrogens is 330 g/mol. The van der Waals surface area contributed by atoms with Gasteiger partial charge in [-0.3, -0.25) is 19.3 Å². The quantitative estimate of drug-likeness (QED) is 0.845. The number of H-pyrrole nitrogens is 1. The van der Waals surface area contributed by atoms with Crippen molar-refractivity contribution < 1.29 is 14.4 Å². The summed E-state index contributed by atoms with van der Waals surface area (Å²) < 4.78 is 0. The van der Waals surface area contributed by atoms with Crippen molar-refractivity contribution in [2.45, 2.75) is 56.7 Å². The number of amides is 3. The number of carbonyl (C=O) groups excluding carboxylic acids is 3. The summed E-state index contributed by atoms with van der Waals surface area (Å²) in [6.07, 6.45) is 5.88. The van der Waals surface area contributed by atoms with Crippen LogP contribution in [0.5, 0.6) is 0 Å². The molecule has 6 heteroatoms. The maximum absolute atomic E-state index is 13.2. The predicted octanol–water partition coefficient (Wildman–Crippen LogP) is 2.45. The molecule has 3 aliphatic heterocycles. The maximum atomic E-state index is 13.2. The Labute approximate surface area is 151 Å². The highest BCUT2D eigenvalue weighted by Crippen LogP contribution is 2.39. The lowest BCUT2D eigenvalue weighted by Crippen LogP contribution is -2.53. The van der Waals surface area contributed by atoms with E-state index in [1.54, 1.807) is 0 Å². The smallest absolute Gasteiger partial charge is 0.254 e. The van der Waals surface area contributed by atoms with E-state index in [4.69, 9.17) is 0 Å². The van der Waals surface area contributed by atoms with E-state index in [0.29, 0.717) is 31.2 Å². The lowest BCUT2D eigenvalue weighted by atomic mass is 9.95. The molecule has 2 aromatic rings. The maximum Gasteiger partial charge on any atom is 0.254 e. The monoisotopic (exact) mass is 351 g/mol. The van der Waals surface area contributed by atoms with Gasteiger partial charge in [0, 0.05) is 53.6 Å². The molecule has 3 aliphatic rings. The van der Waals surface area contributed by atoms with Crippen LogP contribution in [-0.4, -0.2) is 50.6 Å². The Kier molecular flexibility index (Phi) is 3.42. The van der Waals surface area contributed by atoms with E-state index in [1.807, 2.05) is 35.4 Å². The van der Waals surface area contributed by atoms with Crippen LogP contribution in [0.1, 0.15) is 48.9 Å². The highest BCUT2D eigenvalue weighted by molar-refractivity contribution is 6.02. The van der Waals surface area contributed by atoms with E-state index < -0.39 is 0 Å². The second kappa shape index (κ2) is 5.69. The van der Waals surface area contributed by atoms with Crippen molar-refractivity contribution in [2.24, 2.45) is 0 Å². The number of hydrogen-bond donors (Lipinski definition) is 1. The fraction of sp³-hybridized carbons (Fsp3) is 0.450. The number of likely N-dealkylation sites (tertiary alicyclic amines) is 1.